The number of rotatable bonds is 0. The van der Waals surface area contributed by atoms with Gasteiger partial charge in [0.25, 0.3) is 0 Å². The van der Waals surface area contributed by atoms with Crippen molar-refractivity contribution in [2.45, 2.75) is 62.8 Å². The third-order valence-corrected chi connectivity index (χ3v) is 5.72. The monoisotopic (exact) mass is 488 g/mol. The van der Waals surface area contributed by atoms with E-state index in [1.807, 2.05) is 103 Å². The van der Waals surface area contributed by atoms with E-state index in [1.165, 1.54) is 30.9 Å². The van der Waals surface area contributed by atoms with E-state index in [1.54, 1.807) is 0 Å². The maximum absolute atomic E-state index is 5.65. The molecule has 0 N–H and O–H groups in total. The summed E-state index contributed by atoms with van der Waals surface area (Å²) in [7, 11) is 0. The zero-order valence-electron chi connectivity index (χ0n) is 22.1. The number of hydrogen-bond acceptors (Lipinski definition) is 2. The van der Waals surface area contributed by atoms with E-state index in [9.17, 15) is 0 Å². The third kappa shape index (κ3) is 7.97. The minimum absolute atomic E-state index is 0. The van der Waals surface area contributed by atoms with Crippen LogP contribution in [-0.2, 0) is 0 Å². The molecule has 0 bridgehead atoms. The molecule has 4 aromatic carbocycles. The van der Waals surface area contributed by atoms with Crippen LogP contribution in [0.5, 0.6) is 0 Å². The van der Waals surface area contributed by atoms with Gasteiger partial charge in [-0.05, 0) is 24.3 Å². The molecule has 1 nitrogen and oxygen atoms in total. The van der Waals surface area contributed by atoms with Crippen molar-refractivity contribution in [1.29, 1.82) is 0 Å². The van der Waals surface area contributed by atoms with Gasteiger partial charge in [0, 0.05) is 30.9 Å². The van der Waals surface area contributed by atoms with Gasteiger partial charge in [0.1, 0.15) is 11.2 Å². The van der Waals surface area contributed by atoms with Crippen LogP contribution >= 0.6 is 11.3 Å². The number of thiophene rings is 1. The summed E-state index contributed by atoms with van der Waals surface area (Å²) >= 11 is 1.86. The molecule has 6 rings (SSSR count). The molecule has 0 saturated heterocycles. The molecular weight excluding hydrogens is 444 g/mol. The molecule has 2 heteroatoms. The molecule has 0 atom stereocenters. The number of para-hydroxylation sites is 2. The first-order valence-electron chi connectivity index (χ1n) is 12.6. The van der Waals surface area contributed by atoms with Gasteiger partial charge in [-0.25, -0.2) is 0 Å². The molecule has 0 spiro atoms. The van der Waals surface area contributed by atoms with Crippen molar-refractivity contribution in [3.05, 3.63) is 97.1 Å². The largest absolute Gasteiger partial charge is 0.456 e. The lowest BCUT2D eigenvalue weighted by molar-refractivity contribution is 0.669. The molecule has 0 amide bonds. The minimum Gasteiger partial charge on any atom is -0.456 e. The van der Waals surface area contributed by atoms with E-state index in [4.69, 9.17) is 4.42 Å². The van der Waals surface area contributed by atoms with Gasteiger partial charge in [-0.2, -0.15) is 0 Å². The van der Waals surface area contributed by atoms with Crippen molar-refractivity contribution in [1.82, 2.24) is 0 Å². The molecule has 0 aliphatic rings. The van der Waals surface area contributed by atoms with Gasteiger partial charge >= 0.3 is 0 Å². The first-order chi connectivity index (χ1) is 16.9. The van der Waals surface area contributed by atoms with Crippen molar-refractivity contribution in [2.24, 2.45) is 0 Å². The predicted octanol–water partition coefficient (Wildman–Crippen LogP) is 12.4. The quantitative estimate of drug-likeness (QED) is 0.207. The van der Waals surface area contributed by atoms with Crippen LogP contribution in [0, 0.1) is 0 Å². The number of fused-ring (bicyclic) bond motifs is 6. The van der Waals surface area contributed by atoms with Crippen LogP contribution in [0.2, 0.25) is 0 Å². The molecule has 2 aromatic heterocycles. The SMILES string of the molecule is C.CC.CC.CC.CC.c1ccc2c(c1)oc1ccccc12.c1ccc2c(c1)sc1ccccc12. The lowest BCUT2D eigenvalue weighted by atomic mass is 10.2. The zero-order valence-corrected chi connectivity index (χ0v) is 22.9. The second-order valence-electron chi connectivity index (χ2n) is 6.19. The second kappa shape index (κ2) is 18.3. The average molecular weight is 489 g/mol. The molecule has 0 aliphatic carbocycles. The van der Waals surface area contributed by atoms with E-state index in [2.05, 4.69) is 60.7 Å². The number of hydrogen-bond donors (Lipinski definition) is 0. The standard InChI is InChI=1S/C12H8O.C12H8S.4C2H6.CH4/c2*1-3-7-11-9(5-1)10-6-2-4-8-12(10)13-11;4*1-2;/h2*1-8H;4*1-2H3;1H4. The first kappa shape index (κ1) is 31.9. The number of benzene rings is 4. The molecule has 35 heavy (non-hydrogen) atoms. The van der Waals surface area contributed by atoms with Crippen LogP contribution in [-0.4, -0.2) is 0 Å². The summed E-state index contributed by atoms with van der Waals surface area (Å²) < 4.78 is 8.41. The van der Waals surface area contributed by atoms with Crippen LogP contribution in [0.1, 0.15) is 62.8 Å². The van der Waals surface area contributed by atoms with Crippen molar-refractivity contribution in [2.75, 3.05) is 0 Å². The lowest BCUT2D eigenvalue weighted by Crippen LogP contribution is -1.62. The Labute approximate surface area is 217 Å². The van der Waals surface area contributed by atoms with Gasteiger partial charge in [-0.1, -0.05) is 136 Å². The fourth-order valence-electron chi connectivity index (χ4n) is 3.35. The Morgan fingerprint density at radius 2 is 0.686 bits per heavy atom. The van der Waals surface area contributed by atoms with Crippen molar-refractivity contribution in [3.8, 4) is 0 Å². The van der Waals surface area contributed by atoms with E-state index < -0.39 is 0 Å². The molecular formula is C33H44OS. The maximum atomic E-state index is 5.65. The van der Waals surface area contributed by atoms with Gasteiger partial charge in [0.15, 0.2) is 0 Å². The third-order valence-electron chi connectivity index (χ3n) is 4.57. The molecule has 2 heterocycles. The Kier molecular flexibility index (Phi) is 16.6. The summed E-state index contributed by atoms with van der Waals surface area (Å²) in [6.07, 6.45) is 0. The van der Waals surface area contributed by atoms with Crippen molar-refractivity contribution < 1.29 is 4.42 Å². The molecule has 188 valence electrons. The Balaban J connectivity index is 0.000000505. The van der Waals surface area contributed by atoms with Gasteiger partial charge in [0.2, 0.25) is 0 Å². The smallest absolute Gasteiger partial charge is 0.135 e. The van der Waals surface area contributed by atoms with Crippen LogP contribution in [0.15, 0.2) is 101 Å². The first-order valence-corrected chi connectivity index (χ1v) is 13.4. The summed E-state index contributed by atoms with van der Waals surface area (Å²) in [4.78, 5) is 0. The lowest BCUT2D eigenvalue weighted by Gasteiger charge is -1.88. The Hall–Kier alpha value is -3.10. The Bertz CT molecular complexity index is 1130. The molecule has 0 radical (unpaired) electrons. The summed E-state index contributed by atoms with van der Waals surface area (Å²) in [5, 5.41) is 5.14. The average Bonchev–Trinajstić information content (AvgIpc) is 3.52. The van der Waals surface area contributed by atoms with E-state index in [-0.39, 0.29) is 7.43 Å². The Morgan fingerprint density at radius 1 is 0.400 bits per heavy atom. The molecule has 0 unspecified atom stereocenters. The summed E-state index contributed by atoms with van der Waals surface area (Å²) in [6, 6.07) is 33.3. The van der Waals surface area contributed by atoms with E-state index in [0.29, 0.717) is 0 Å². The van der Waals surface area contributed by atoms with Crippen LogP contribution < -0.4 is 0 Å². The normalized spacial score (nSPS) is 8.91. The molecule has 0 saturated carbocycles. The number of furan rings is 1. The van der Waals surface area contributed by atoms with Crippen LogP contribution in [0.4, 0.5) is 0 Å². The highest BCUT2D eigenvalue weighted by atomic mass is 32.1. The highest BCUT2D eigenvalue weighted by Gasteiger charge is 2.03. The van der Waals surface area contributed by atoms with E-state index in [0.717, 1.165) is 11.2 Å². The highest BCUT2D eigenvalue weighted by Crippen LogP contribution is 2.33. The molecule has 6 aromatic rings. The van der Waals surface area contributed by atoms with Gasteiger partial charge in [-0.3, -0.25) is 0 Å². The molecule has 0 aliphatic heterocycles. The predicted molar refractivity (Wildman–Crippen MR) is 165 cm³/mol. The van der Waals surface area contributed by atoms with E-state index >= 15 is 0 Å². The van der Waals surface area contributed by atoms with Crippen LogP contribution in [0.3, 0.4) is 0 Å². The van der Waals surface area contributed by atoms with Crippen molar-refractivity contribution in [3.63, 3.8) is 0 Å². The summed E-state index contributed by atoms with van der Waals surface area (Å²) in [5.74, 6) is 0. The summed E-state index contributed by atoms with van der Waals surface area (Å²) in [6.45, 7) is 16.0. The fourth-order valence-corrected chi connectivity index (χ4v) is 4.46. The fraction of sp³-hybridized carbons (Fsp3) is 0.273. The van der Waals surface area contributed by atoms with Crippen LogP contribution in [0.25, 0.3) is 42.1 Å². The maximum Gasteiger partial charge on any atom is 0.135 e. The highest BCUT2D eigenvalue weighted by molar-refractivity contribution is 7.25. The summed E-state index contributed by atoms with van der Waals surface area (Å²) in [5.41, 5.74) is 1.92. The minimum atomic E-state index is 0. The van der Waals surface area contributed by atoms with Gasteiger partial charge in [-0.15, -0.1) is 11.3 Å². The Morgan fingerprint density at radius 3 is 1.06 bits per heavy atom. The van der Waals surface area contributed by atoms with Crippen molar-refractivity contribution >= 4 is 53.4 Å². The molecule has 0 fully saturated rings. The zero-order chi connectivity index (χ0) is 25.3. The van der Waals surface area contributed by atoms with Gasteiger partial charge in [0.05, 0.1) is 0 Å². The topological polar surface area (TPSA) is 13.1 Å². The van der Waals surface area contributed by atoms with Gasteiger partial charge < -0.3 is 4.42 Å². The second-order valence-corrected chi connectivity index (χ2v) is 7.27.